The lowest BCUT2D eigenvalue weighted by atomic mass is 9.92. The third-order valence-electron chi connectivity index (χ3n) is 10.0. The minimum absolute atomic E-state index is 0.0254. The molecule has 0 aliphatic carbocycles. The fourth-order valence-corrected chi connectivity index (χ4v) is 7.21. The average molecular weight is 669 g/mol. The number of piperazine rings is 1. The molecule has 2 aliphatic heterocycles. The third-order valence-corrected chi connectivity index (χ3v) is 10.0. The predicted octanol–water partition coefficient (Wildman–Crippen LogP) is 4.81. The molecule has 3 heterocycles. The highest BCUT2D eigenvalue weighted by Crippen LogP contribution is 2.41. The first-order chi connectivity index (χ1) is 23.5. The molecule has 5 rings (SSSR count). The number of nitrogens with zero attached hydrogens (tertiary/aromatic N) is 4. The molecule has 2 aliphatic rings. The van der Waals surface area contributed by atoms with Crippen molar-refractivity contribution in [3.8, 4) is 0 Å². The summed E-state index contributed by atoms with van der Waals surface area (Å²) in [6.07, 6.45) is 7.19. The van der Waals surface area contributed by atoms with Crippen LogP contribution in [0, 0.1) is 5.92 Å². The van der Waals surface area contributed by atoms with Gasteiger partial charge in [0.1, 0.15) is 6.04 Å². The smallest absolute Gasteiger partial charge is 0.270 e. The molecular weight excluding hydrogens is 620 g/mol. The Balaban J connectivity index is 1.52. The van der Waals surface area contributed by atoms with Gasteiger partial charge in [0.2, 0.25) is 17.7 Å². The summed E-state index contributed by atoms with van der Waals surface area (Å²) in [6, 6.07) is 14.2. The molecule has 11 nitrogen and oxygen atoms in total. The molecule has 2 unspecified atom stereocenters. The molecule has 0 bridgehead atoms. The number of nitrogens with one attached hydrogen (secondary N) is 1. The van der Waals surface area contributed by atoms with Gasteiger partial charge in [-0.05, 0) is 56.5 Å². The van der Waals surface area contributed by atoms with E-state index < -0.39 is 41.4 Å². The van der Waals surface area contributed by atoms with Crippen molar-refractivity contribution < 1.29 is 24.0 Å². The molecule has 0 radical (unpaired) electrons. The molecule has 49 heavy (non-hydrogen) atoms. The summed E-state index contributed by atoms with van der Waals surface area (Å²) in [5, 5.41) is 3.73. The van der Waals surface area contributed by atoms with Crippen molar-refractivity contribution in [3.05, 3.63) is 77.5 Å². The summed E-state index contributed by atoms with van der Waals surface area (Å²) in [7, 11) is 0. The quantitative estimate of drug-likeness (QED) is 0.236. The van der Waals surface area contributed by atoms with Gasteiger partial charge in [-0.3, -0.25) is 29.0 Å². The van der Waals surface area contributed by atoms with Crippen molar-refractivity contribution in [2.24, 2.45) is 11.7 Å². The summed E-state index contributed by atoms with van der Waals surface area (Å²) in [5.74, 6) is -2.73. The van der Waals surface area contributed by atoms with Gasteiger partial charge >= 0.3 is 0 Å². The van der Waals surface area contributed by atoms with Gasteiger partial charge in [-0.1, -0.05) is 69.9 Å². The normalized spacial score (nSPS) is 21.1. The summed E-state index contributed by atoms with van der Waals surface area (Å²) >= 11 is 0. The number of carbonyl (C=O) groups is 5. The highest BCUT2D eigenvalue weighted by Gasteiger charge is 2.63. The maximum absolute atomic E-state index is 14.9. The van der Waals surface area contributed by atoms with Crippen molar-refractivity contribution in [1.82, 2.24) is 25.0 Å². The van der Waals surface area contributed by atoms with E-state index >= 15 is 0 Å². The van der Waals surface area contributed by atoms with Crippen molar-refractivity contribution >= 4 is 40.4 Å². The van der Waals surface area contributed by atoms with Gasteiger partial charge < -0.3 is 25.8 Å². The van der Waals surface area contributed by atoms with Gasteiger partial charge in [-0.15, -0.1) is 0 Å². The summed E-state index contributed by atoms with van der Waals surface area (Å²) in [4.78, 5) is 78.4. The van der Waals surface area contributed by atoms with Crippen LogP contribution in [0.5, 0.6) is 0 Å². The van der Waals surface area contributed by atoms with Crippen LogP contribution in [0.15, 0.2) is 60.8 Å². The highest BCUT2D eigenvalue weighted by molar-refractivity contribution is 6.06. The molecule has 5 amide bonds. The van der Waals surface area contributed by atoms with Crippen LogP contribution in [0.25, 0.3) is 10.9 Å². The zero-order chi connectivity index (χ0) is 35.3. The van der Waals surface area contributed by atoms with E-state index in [9.17, 15) is 24.0 Å². The largest absolute Gasteiger partial charge is 0.366 e. The number of hydrogen-bond donors (Lipinski definition) is 2. The molecule has 3 aromatic rings. The lowest BCUT2D eigenvalue weighted by Gasteiger charge is -2.50. The number of nitrogens with two attached hydrogens (primary N) is 1. The number of aromatic nitrogens is 1. The van der Waals surface area contributed by atoms with Gasteiger partial charge in [-0.25, -0.2) is 0 Å². The fraction of sp³-hybridized carbons (Fsp3) is 0.474. The van der Waals surface area contributed by atoms with E-state index in [0.29, 0.717) is 24.2 Å². The van der Waals surface area contributed by atoms with Gasteiger partial charge in [-0.2, -0.15) is 0 Å². The molecule has 2 fully saturated rings. The molecule has 2 saturated heterocycles. The van der Waals surface area contributed by atoms with Crippen LogP contribution < -0.4 is 11.1 Å². The van der Waals surface area contributed by atoms with E-state index in [0.717, 1.165) is 49.4 Å². The molecule has 0 spiro atoms. The van der Waals surface area contributed by atoms with Crippen LogP contribution in [-0.2, 0) is 14.4 Å². The lowest BCUT2D eigenvalue weighted by Crippen LogP contribution is -2.74. The SMILES string of the molecule is CCCCCN(CCCCC)C(=O)[C@@H]1CN2C(=O)[C@H](C)N(C(C)c3ccc(C(N)=O)cc3)C(=O)C2(NC(=O)c2cnc3ccccc3c2)C1. The summed E-state index contributed by atoms with van der Waals surface area (Å²) < 4.78 is 0. The first-order valence-electron chi connectivity index (χ1n) is 17.5. The maximum atomic E-state index is 14.9. The van der Waals surface area contributed by atoms with Gasteiger partial charge in [0.25, 0.3) is 11.8 Å². The number of rotatable bonds is 14. The van der Waals surface area contributed by atoms with Crippen molar-refractivity contribution in [2.75, 3.05) is 19.6 Å². The molecular formula is C38H48N6O5. The average Bonchev–Trinajstić information content (AvgIpc) is 3.50. The molecule has 2 aromatic carbocycles. The van der Waals surface area contributed by atoms with Crippen LogP contribution in [0.3, 0.4) is 0 Å². The Morgan fingerprint density at radius 3 is 2.27 bits per heavy atom. The van der Waals surface area contributed by atoms with E-state index in [1.165, 1.54) is 16.0 Å². The Morgan fingerprint density at radius 1 is 0.980 bits per heavy atom. The summed E-state index contributed by atoms with van der Waals surface area (Å²) in [6.45, 7) is 8.96. The lowest BCUT2D eigenvalue weighted by molar-refractivity contribution is -0.171. The van der Waals surface area contributed by atoms with Crippen LogP contribution in [-0.4, -0.2) is 80.6 Å². The zero-order valence-electron chi connectivity index (χ0n) is 29.0. The number of pyridine rings is 1. The number of fused-ring (bicyclic) bond motifs is 2. The molecule has 1 aromatic heterocycles. The van der Waals surface area contributed by atoms with Crippen LogP contribution in [0.2, 0.25) is 0 Å². The van der Waals surface area contributed by atoms with Gasteiger partial charge in [0.15, 0.2) is 5.66 Å². The second-order valence-electron chi connectivity index (χ2n) is 13.4. The highest BCUT2D eigenvalue weighted by atomic mass is 16.2. The Labute approximate surface area is 288 Å². The molecule has 4 atom stereocenters. The first-order valence-corrected chi connectivity index (χ1v) is 17.5. The Bertz CT molecular complexity index is 1700. The van der Waals surface area contributed by atoms with E-state index in [2.05, 4.69) is 24.1 Å². The number of benzene rings is 2. The molecule has 3 N–H and O–H groups in total. The zero-order valence-corrected chi connectivity index (χ0v) is 29.0. The Kier molecular flexibility index (Phi) is 11.0. The maximum Gasteiger partial charge on any atom is 0.270 e. The molecule has 0 saturated carbocycles. The second kappa shape index (κ2) is 15.2. The van der Waals surface area contributed by atoms with E-state index in [-0.39, 0.29) is 30.3 Å². The van der Waals surface area contributed by atoms with Crippen molar-refractivity contribution in [1.29, 1.82) is 0 Å². The van der Waals surface area contributed by atoms with Gasteiger partial charge in [0, 0.05) is 43.2 Å². The first kappa shape index (κ1) is 35.5. The number of hydrogen-bond acceptors (Lipinski definition) is 6. The standard InChI is InChI=1S/C38H48N6O5/c1-5-7-11-19-42(20-12-8-6-2)36(48)31-22-38(41-34(46)30-21-29-13-9-10-14-32(29)40-23-30)37(49)44(26(4)35(47)43(38)24-31)25(3)27-15-17-28(18-16-27)33(39)45/h9-10,13-18,21,23,25-26,31H,5-8,11-12,19-20,22,24H2,1-4H3,(H2,39,45)(H,41,46)/t25?,26-,31-,38?/m0/s1. The number of carbonyl (C=O) groups excluding carboxylic acids is 5. The van der Waals surface area contributed by atoms with Crippen LogP contribution >= 0.6 is 0 Å². The summed E-state index contributed by atoms with van der Waals surface area (Å²) in [5.41, 5.74) is 5.63. The van der Waals surface area contributed by atoms with E-state index in [4.69, 9.17) is 5.73 Å². The van der Waals surface area contributed by atoms with E-state index in [1.54, 1.807) is 44.2 Å². The van der Waals surface area contributed by atoms with E-state index in [1.807, 2.05) is 29.2 Å². The monoisotopic (exact) mass is 668 g/mol. The fourth-order valence-electron chi connectivity index (χ4n) is 7.21. The van der Waals surface area contributed by atoms with Crippen LogP contribution in [0.4, 0.5) is 0 Å². The number of para-hydroxylation sites is 1. The Morgan fingerprint density at radius 2 is 1.63 bits per heavy atom. The van der Waals surface area contributed by atoms with Crippen molar-refractivity contribution in [3.63, 3.8) is 0 Å². The van der Waals surface area contributed by atoms with Gasteiger partial charge in [0.05, 0.1) is 23.0 Å². The molecule has 260 valence electrons. The second-order valence-corrected chi connectivity index (χ2v) is 13.4. The topological polar surface area (TPSA) is 146 Å². The predicted molar refractivity (Wildman–Crippen MR) is 187 cm³/mol. The Hall–Kier alpha value is -4.80. The number of primary amides is 1. The number of amides is 5. The van der Waals surface area contributed by atoms with Crippen molar-refractivity contribution in [2.45, 2.75) is 90.4 Å². The molecule has 11 heteroatoms. The number of unbranched alkanes of at least 4 members (excludes halogenated alkanes) is 4. The van der Waals surface area contributed by atoms with Crippen LogP contribution in [0.1, 0.15) is 105 Å². The minimum Gasteiger partial charge on any atom is -0.366 e. The third kappa shape index (κ3) is 7.16. The minimum atomic E-state index is -1.79.